The van der Waals surface area contributed by atoms with E-state index in [-0.39, 0.29) is 17.1 Å². The third-order valence-corrected chi connectivity index (χ3v) is 1.77. The molecule has 0 aromatic heterocycles. The van der Waals surface area contributed by atoms with Crippen molar-refractivity contribution in [2.75, 3.05) is 7.11 Å². The second-order valence-electron chi connectivity index (χ2n) is 2.69. The van der Waals surface area contributed by atoms with Gasteiger partial charge >= 0.3 is 0 Å². The van der Waals surface area contributed by atoms with Crippen molar-refractivity contribution in [2.45, 2.75) is 6.92 Å². The summed E-state index contributed by atoms with van der Waals surface area (Å²) < 4.78 is 18.2. The van der Waals surface area contributed by atoms with Gasteiger partial charge in [0.1, 0.15) is 0 Å². The molecule has 0 saturated heterocycles. The fraction of sp³-hybridized carbons (Fsp3) is 0.182. The maximum Gasteiger partial charge on any atom is 0.188 e. The van der Waals surface area contributed by atoms with Crippen molar-refractivity contribution >= 4 is 5.78 Å². The lowest BCUT2D eigenvalue weighted by atomic mass is 10.1. The Labute approximate surface area is 82.0 Å². The van der Waals surface area contributed by atoms with Crippen LogP contribution in [0.3, 0.4) is 0 Å². The monoisotopic (exact) mass is 194 g/mol. The number of methoxy groups -OCH3 is 1. The molecule has 0 bridgehead atoms. The molecule has 1 aromatic carbocycles. The van der Waals surface area contributed by atoms with E-state index in [9.17, 15) is 9.18 Å². The molecular formula is C11H11FO2. The summed E-state index contributed by atoms with van der Waals surface area (Å²) in [4.78, 5) is 11.4. The van der Waals surface area contributed by atoms with Crippen LogP contribution < -0.4 is 4.74 Å². The van der Waals surface area contributed by atoms with Gasteiger partial charge in [0.25, 0.3) is 0 Å². The lowest BCUT2D eigenvalue weighted by molar-refractivity contribution is 0.104. The van der Waals surface area contributed by atoms with E-state index in [0.717, 1.165) is 0 Å². The highest BCUT2D eigenvalue weighted by Crippen LogP contribution is 2.20. The van der Waals surface area contributed by atoms with Crippen LogP contribution in [0.4, 0.5) is 4.39 Å². The van der Waals surface area contributed by atoms with Gasteiger partial charge in [-0.1, -0.05) is 12.1 Å². The molecule has 74 valence electrons. The maximum absolute atomic E-state index is 13.5. The molecule has 0 amide bonds. The molecule has 0 N–H and O–H groups in total. The molecule has 0 saturated carbocycles. The number of allylic oxidation sites excluding steroid dienone is 2. The number of carbonyl (C=O) groups is 1. The SMILES string of the molecule is C/C=C/C(=O)c1cccc(OC)c1F. The van der Waals surface area contributed by atoms with Gasteiger partial charge < -0.3 is 4.74 Å². The van der Waals surface area contributed by atoms with E-state index in [2.05, 4.69) is 0 Å². The molecule has 0 aliphatic heterocycles. The Bertz CT molecular complexity index is 370. The number of hydrogen-bond donors (Lipinski definition) is 0. The number of rotatable bonds is 3. The zero-order valence-corrected chi connectivity index (χ0v) is 8.08. The van der Waals surface area contributed by atoms with Gasteiger partial charge in [0, 0.05) is 0 Å². The molecule has 0 atom stereocenters. The van der Waals surface area contributed by atoms with Gasteiger partial charge in [-0.05, 0) is 25.1 Å². The molecule has 0 radical (unpaired) electrons. The zero-order valence-electron chi connectivity index (χ0n) is 8.08. The second-order valence-corrected chi connectivity index (χ2v) is 2.69. The first kappa shape index (κ1) is 10.4. The van der Waals surface area contributed by atoms with Crippen molar-refractivity contribution in [3.8, 4) is 5.75 Å². The summed E-state index contributed by atoms with van der Waals surface area (Å²) in [5.41, 5.74) is 0.0300. The van der Waals surface area contributed by atoms with Gasteiger partial charge in [0.2, 0.25) is 0 Å². The Hall–Kier alpha value is -1.64. The largest absolute Gasteiger partial charge is 0.494 e. The molecule has 0 spiro atoms. The number of ether oxygens (including phenoxy) is 1. The van der Waals surface area contributed by atoms with Crippen LogP contribution in [0.2, 0.25) is 0 Å². The molecule has 0 aliphatic carbocycles. The number of hydrogen-bond acceptors (Lipinski definition) is 2. The van der Waals surface area contributed by atoms with Gasteiger partial charge in [0.15, 0.2) is 17.3 Å². The molecule has 1 rings (SSSR count). The van der Waals surface area contributed by atoms with Crippen LogP contribution >= 0.6 is 0 Å². The Morgan fingerprint density at radius 3 is 2.79 bits per heavy atom. The van der Waals surface area contributed by atoms with Crippen molar-refractivity contribution in [3.63, 3.8) is 0 Å². The molecule has 0 heterocycles. The summed E-state index contributed by atoms with van der Waals surface area (Å²) in [6.07, 6.45) is 2.89. The summed E-state index contributed by atoms with van der Waals surface area (Å²) in [6.45, 7) is 1.70. The third-order valence-electron chi connectivity index (χ3n) is 1.77. The highest BCUT2D eigenvalue weighted by atomic mass is 19.1. The van der Waals surface area contributed by atoms with Gasteiger partial charge in [-0.3, -0.25) is 4.79 Å². The average Bonchev–Trinajstić information content (AvgIpc) is 2.18. The second kappa shape index (κ2) is 4.56. The Morgan fingerprint density at radius 1 is 1.50 bits per heavy atom. The van der Waals surface area contributed by atoms with E-state index < -0.39 is 5.82 Å². The quantitative estimate of drug-likeness (QED) is 0.546. The van der Waals surface area contributed by atoms with E-state index >= 15 is 0 Å². The van der Waals surface area contributed by atoms with Crippen LogP contribution in [0, 0.1) is 5.82 Å². The minimum absolute atomic E-state index is 0.0300. The predicted octanol–water partition coefficient (Wildman–Crippen LogP) is 2.59. The van der Waals surface area contributed by atoms with Crippen molar-refractivity contribution < 1.29 is 13.9 Å². The topological polar surface area (TPSA) is 26.3 Å². The first-order chi connectivity index (χ1) is 6.70. The van der Waals surface area contributed by atoms with Crippen molar-refractivity contribution in [2.24, 2.45) is 0 Å². The van der Waals surface area contributed by atoms with Crippen LogP contribution in [0.25, 0.3) is 0 Å². The van der Waals surface area contributed by atoms with Gasteiger partial charge in [-0.25, -0.2) is 4.39 Å². The average molecular weight is 194 g/mol. The van der Waals surface area contributed by atoms with Crippen molar-refractivity contribution in [1.82, 2.24) is 0 Å². The van der Waals surface area contributed by atoms with Gasteiger partial charge in [-0.2, -0.15) is 0 Å². The lowest BCUT2D eigenvalue weighted by Gasteiger charge is -2.03. The van der Waals surface area contributed by atoms with Crippen LogP contribution in [0.5, 0.6) is 5.75 Å². The molecular weight excluding hydrogens is 183 g/mol. The van der Waals surface area contributed by atoms with Crippen molar-refractivity contribution in [3.05, 3.63) is 41.7 Å². The van der Waals surface area contributed by atoms with Crippen LogP contribution in [-0.4, -0.2) is 12.9 Å². The normalized spacial score (nSPS) is 10.5. The standard InChI is InChI=1S/C11H11FO2/c1-3-5-9(13)8-6-4-7-10(14-2)11(8)12/h3-7H,1-2H3/b5-3+. The number of carbonyl (C=O) groups excluding carboxylic acids is 1. The number of ketones is 1. The molecule has 3 heteroatoms. The van der Waals surface area contributed by atoms with Crippen LogP contribution in [0.1, 0.15) is 17.3 Å². The zero-order chi connectivity index (χ0) is 10.6. The highest BCUT2D eigenvalue weighted by Gasteiger charge is 2.12. The molecule has 14 heavy (non-hydrogen) atoms. The molecule has 1 aromatic rings. The lowest BCUT2D eigenvalue weighted by Crippen LogP contribution is -2.00. The third kappa shape index (κ3) is 1.99. The van der Waals surface area contributed by atoms with Gasteiger partial charge in [0.05, 0.1) is 12.7 Å². The smallest absolute Gasteiger partial charge is 0.188 e. The van der Waals surface area contributed by atoms with E-state index in [4.69, 9.17) is 4.74 Å². The highest BCUT2D eigenvalue weighted by molar-refractivity contribution is 6.04. The van der Waals surface area contributed by atoms with Crippen LogP contribution in [0.15, 0.2) is 30.4 Å². The maximum atomic E-state index is 13.5. The fourth-order valence-corrected chi connectivity index (χ4v) is 1.10. The van der Waals surface area contributed by atoms with Crippen molar-refractivity contribution in [1.29, 1.82) is 0 Å². The van der Waals surface area contributed by atoms with E-state index in [1.54, 1.807) is 19.1 Å². The summed E-state index contributed by atoms with van der Waals surface area (Å²) in [5.74, 6) is -0.887. The molecule has 0 fully saturated rings. The summed E-state index contributed by atoms with van der Waals surface area (Å²) in [7, 11) is 1.36. The first-order valence-corrected chi connectivity index (χ1v) is 4.20. The number of benzene rings is 1. The van der Waals surface area contributed by atoms with Gasteiger partial charge in [-0.15, -0.1) is 0 Å². The molecule has 0 aliphatic rings. The summed E-state index contributed by atoms with van der Waals surface area (Å²) in [5, 5.41) is 0. The summed E-state index contributed by atoms with van der Waals surface area (Å²) >= 11 is 0. The molecule has 2 nitrogen and oxygen atoms in total. The Balaban J connectivity index is 3.15. The Morgan fingerprint density at radius 2 is 2.21 bits per heavy atom. The summed E-state index contributed by atoms with van der Waals surface area (Å²) in [6, 6.07) is 4.49. The Kier molecular flexibility index (Phi) is 3.40. The minimum Gasteiger partial charge on any atom is -0.494 e. The van der Waals surface area contributed by atoms with Crippen LogP contribution in [-0.2, 0) is 0 Å². The fourth-order valence-electron chi connectivity index (χ4n) is 1.10. The van der Waals surface area contributed by atoms with E-state index in [1.807, 2.05) is 0 Å². The first-order valence-electron chi connectivity index (χ1n) is 4.20. The predicted molar refractivity (Wildman–Crippen MR) is 52.1 cm³/mol. The minimum atomic E-state index is -0.613. The number of halogens is 1. The van der Waals surface area contributed by atoms with E-state index in [0.29, 0.717) is 0 Å². The molecule has 0 unspecified atom stereocenters. The van der Waals surface area contributed by atoms with E-state index in [1.165, 1.54) is 25.3 Å².